The largest absolute Gasteiger partial charge is 0.393 e. The lowest BCUT2D eigenvalue weighted by Gasteiger charge is -2.33. The maximum absolute atomic E-state index is 14.3. The molecule has 0 saturated carbocycles. The summed E-state index contributed by atoms with van der Waals surface area (Å²) in [6.07, 6.45) is 2.79. The van der Waals surface area contributed by atoms with Crippen molar-refractivity contribution in [3.05, 3.63) is 63.5 Å². The minimum absolute atomic E-state index is 0.0445. The number of piperidine rings is 1. The predicted molar refractivity (Wildman–Crippen MR) is 140 cm³/mol. The van der Waals surface area contributed by atoms with Crippen molar-refractivity contribution < 1.29 is 14.2 Å². The predicted octanol–water partition coefficient (Wildman–Crippen LogP) is 4.41. The molecule has 8 heteroatoms. The molecule has 5 rings (SSSR count). The number of benzene rings is 2. The van der Waals surface area contributed by atoms with E-state index in [0.717, 1.165) is 48.6 Å². The number of aliphatic hydroxyl groups excluding tert-OH is 1. The molecule has 7 nitrogen and oxygen atoms in total. The highest BCUT2D eigenvalue weighted by molar-refractivity contribution is 5.83. The van der Waals surface area contributed by atoms with Crippen LogP contribution in [0.1, 0.15) is 61.5 Å². The van der Waals surface area contributed by atoms with Crippen LogP contribution in [0.2, 0.25) is 0 Å². The van der Waals surface area contributed by atoms with Crippen LogP contribution in [-0.4, -0.2) is 47.1 Å². The SMILES string of the molecule is Cc1cc([C@@H](C)Nc2cc(F)ccc2N2CCC(O)CC2)c2nc(C3CCOCC3)n(C)c(=O)c2c1. The van der Waals surface area contributed by atoms with Crippen molar-refractivity contribution in [1.29, 1.82) is 0 Å². The Morgan fingerprint density at radius 2 is 1.86 bits per heavy atom. The van der Waals surface area contributed by atoms with Gasteiger partial charge in [-0.2, -0.15) is 0 Å². The Bertz CT molecular complexity index is 1310. The molecule has 2 fully saturated rings. The maximum atomic E-state index is 14.3. The third kappa shape index (κ3) is 4.84. The molecule has 0 radical (unpaired) electrons. The van der Waals surface area contributed by atoms with Gasteiger partial charge < -0.3 is 20.1 Å². The molecule has 2 saturated heterocycles. The van der Waals surface area contributed by atoms with Crippen LogP contribution in [0, 0.1) is 12.7 Å². The van der Waals surface area contributed by atoms with E-state index >= 15 is 0 Å². The number of hydrogen-bond donors (Lipinski definition) is 2. The molecule has 36 heavy (non-hydrogen) atoms. The molecular weight excluding hydrogens is 459 g/mol. The average molecular weight is 495 g/mol. The van der Waals surface area contributed by atoms with Crippen molar-refractivity contribution >= 4 is 22.3 Å². The Balaban J connectivity index is 1.54. The van der Waals surface area contributed by atoms with Crippen molar-refractivity contribution in [3.8, 4) is 0 Å². The summed E-state index contributed by atoms with van der Waals surface area (Å²) in [6, 6.07) is 8.55. The van der Waals surface area contributed by atoms with Crippen molar-refractivity contribution in [2.24, 2.45) is 7.05 Å². The second-order valence-electron chi connectivity index (χ2n) is 10.2. The van der Waals surface area contributed by atoms with Crippen LogP contribution in [0.25, 0.3) is 10.9 Å². The van der Waals surface area contributed by atoms with E-state index in [-0.39, 0.29) is 29.4 Å². The van der Waals surface area contributed by atoms with Crippen molar-refractivity contribution in [3.63, 3.8) is 0 Å². The van der Waals surface area contributed by atoms with Gasteiger partial charge in [-0.15, -0.1) is 0 Å². The number of hydrogen-bond acceptors (Lipinski definition) is 6. The molecule has 0 unspecified atom stereocenters. The third-order valence-corrected chi connectivity index (χ3v) is 7.58. The summed E-state index contributed by atoms with van der Waals surface area (Å²) in [5.41, 5.74) is 4.16. The van der Waals surface area contributed by atoms with E-state index in [4.69, 9.17) is 9.72 Å². The van der Waals surface area contributed by atoms with E-state index in [2.05, 4.69) is 16.3 Å². The Labute approximate surface area is 210 Å². The summed E-state index contributed by atoms with van der Waals surface area (Å²) in [7, 11) is 1.80. The van der Waals surface area contributed by atoms with Crippen molar-refractivity contribution in [2.75, 3.05) is 36.5 Å². The van der Waals surface area contributed by atoms with E-state index < -0.39 is 0 Å². The van der Waals surface area contributed by atoms with Gasteiger partial charge in [-0.05, 0) is 69.4 Å². The molecule has 0 spiro atoms. The van der Waals surface area contributed by atoms with E-state index in [9.17, 15) is 14.3 Å². The minimum Gasteiger partial charge on any atom is -0.393 e. The Morgan fingerprint density at radius 1 is 1.14 bits per heavy atom. The van der Waals surface area contributed by atoms with Gasteiger partial charge in [0.05, 0.1) is 34.4 Å². The van der Waals surface area contributed by atoms with Gasteiger partial charge in [-0.3, -0.25) is 9.36 Å². The highest BCUT2D eigenvalue weighted by Crippen LogP contribution is 2.34. The molecule has 2 N–H and O–H groups in total. The van der Waals surface area contributed by atoms with Gasteiger partial charge in [0.2, 0.25) is 0 Å². The van der Waals surface area contributed by atoms with E-state index in [1.807, 2.05) is 19.9 Å². The van der Waals surface area contributed by atoms with Crippen LogP contribution in [0.15, 0.2) is 35.1 Å². The van der Waals surface area contributed by atoms with Gasteiger partial charge in [0.15, 0.2) is 0 Å². The van der Waals surface area contributed by atoms with Gasteiger partial charge in [-0.25, -0.2) is 9.37 Å². The van der Waals surface area contributed by atoms with E-state index in [1.54, 1.807) is 17.7 Å². The Hall–Kier alpha value is -2.97. The molecule has 0 aliphatic carbocycles. The van der Waals surface area contributed by atoms with Gasteiger partial charge in [0.25, 0.3) is 5.56 Å². The van der Waals surface area contributed by atoms with Crippen LogP contribution in [-0.2, 0) is 11.8 Å². The lowest BCUT2D eigenvalue weighted by atomic mass is 9.97. The minimum atomic E-state index is -0.312. The number of anilines is 2. The molecule has 2 aliphatic rings. The number of nitrogens with zero attached hydrogens (tertiary/aromatic N) is 3. The third-order valence-electron chi connectivity index (χ3n) is 7.58. The van der Waals surface area contributed by atoms with Crippen LogP contribution < -0.4 is 15.8 Å². The van der Waals surface area contributed by atoms with Crippen LogP contribution in [0.5, 0.6) is 0 Å². The fourth-order valence-electron chi connectivity index (χ4n) is 5.54. The summed E-state index contributed by atoms with van der Waals surface area (Å²) in [5, 5.41) is 14.0. The number of aliphatic hydroxyl groups is 1. The number of halogens is 1. The average Bonchev–Trinajstić information content (AvgIpc) is 2.87. The first-order chi connectivity index (χ1) is 17.3. The van der Waals surface area contributed by atoms with Gasteiger partial charge in [-0.1, -0.05) is 6.07 Å². The molecule has 2 aliphatic heterocycles. The van der Waals surface area contributed by atoms with Gasteiger partial charge in [0, 0.05) is 44.8 Å². The fraction of sp³-hybridized carbons (Fsp3) is 0.500. The van der Waals surface area contributed by atoms with Crippen LogP contribution in [0.4, 0.5) is 15.8 Å². The number of aromatic nitrogens is 2. The summed E-state index contributed by atoms with van der Waals surface area (Å²) in [6.45, 7) is 6.79. The second-order valence-corrected chi connectivity index (χ2v) is 10.2. The van der Waals surface area contributed by atoms with Crippen molar-refractivity contribution in [2.45, 2.75) is 57.6 Å². The first-order valence-electron chi connectivity index (χ1n) is 12.9. The second kappa shape index (κ2) is 10.2. The lowest BCUT2D eigenvalue weighted by molar-refractivity contribution is 0.0828. The zero-order valence-corrected chi connectivity index (χ0v) is 21.3. The molecule has 0 amide bonds. The quantitative estimate of drug-likeness (QED) is 0.547. The number of rotatable bonds is 5. The highest BCUT2D eigenvalue weighted by Gasteiger charge is 2.25. The number of ether oxygens (including phenoxy) is 1. The topological polar surface area (TPSA) is 79.6 Å². The van der Waals surface area contributed by atoms with Crippen LogP contribution >= 0.6 is 0 Å². The molecule has 3 aromatic rings. The maximum Gasteiger partial charge on any atom is 0.261 e. The summed E-state index contributed by atoms with van der Waals surface area (Å²) in [5.74, 6) is 0.669. The highest BCUT2D eigenvalue weighted by atomic mass is 19.1. The zero-order chi connectivity index (χ0) is 25.4. The van der Waals surface area contributed by atoms with E-state index in [1.165, 1.54) is 12.1 Å². The van der Waals surface area contributed by atoms with Gasteiger partial charge >= 0.3 is 0 Å². The summed E-state index contributed by atoms with van der Waals surface area (Å²) >= 11 is 0. The van der Waals surface area contributed by atoms with E-state index in [0.29, 0.717) is 42.6 Å². The first kappa shape index (κ1) is 24.7. The smallest absolute Gasteiger partial charge is 0.261 e. The monoisotopic (exact) mass is 494 g/mol. The standard InChI is InChI=1S/C28H35FN4O3/c1-17-14-22(26-23(15-17)28(35)32(3)27(31-26)19-8-12-36-13-9-19)18(2)30-24-16-20(29)4-5-25(24)33-10-6-21(34)7-11-33/h4-5,14-16,18-19,21,30,34H,6-13H2,1-3H3/t18-/m1/s1. The molecule has 1 aromatic heterocycles. The molecule has 192 valence electrons. The molecule has 3 heterocycles. The number of aryl methyl sites for hydroxylation is 1. The van der Waals surface area contributed by atoms with Gasteiger partial charge in [0.1, 0.15) is 11.6 Å². The lowest BCUT2D eigenvalue weighted by Crippen LogP contribution is -2.36. The molecular formula is C28H35FN4O3. The summed E-state index contributed by atoms with van der Waals surface area (Å²) in [4.78, 5) is 20.6. The zero-order valence-electron chi connectivity index (χ0n) is 21.3. The first-order valence-corrected chi connectivity index (χ1v) is 12.9. The molecule has 0 bridgehead atoms. The molecule has 1 atom stereocenters. The number of nitrogens with one attached hydrogen (secondary N) is 1. The van der Waals surface area contributed by atoms with Crippen molar-refractivity contribution in [1.82, 2.24) is 9.55 Å². The Morgan fingerprint density at radius 3 is 2.58 bits per heavy atom. The fourth-order valence-corrected chi connectivity index (χ4v) is 5.54. The normalized spacial score (nSPS) is 18.5. The number of fused-ring (bicyclic) bond motifs is 1. The molecule has 2 aromatic carbocycles. The Kier molecular flexibility index (Phi) is 6.99. The summed E-state index contributed by atoms with van der Waals surface area (Å²) < 4.78 is 21.6. The van der Waals surface area contributed by atoms with Crippen LogP contribution in [0.3, 0.4) is 0 Å².